The van der Waals surface area contributed by atoms with E-state index >= 15 is 0 Å². The molecule has 2 N–H and O–H groups in total. The van der Waals surface area contributed by atoms with Crippen molar-refractivity contribution >= 4 is 0 Å². The average Bonchev–Trinajstić information content (AvgIpc) is 2.43. The first-order valence-electron chi connectivity index (χ1n) is 7.27. The second kappa shape index (κ2) is 7.04. The molecule has 1 aromatic carbocycles. The van der Waals surface area contributed by atoms with Crippen molar-refractivity contribution in [2.75, 3.05) is 13.7 Å². The van der Waals surface area contributed by atoms with Crippen molar-refractivity contribution < 1.29 is 4.74 Å². The zero-order valence-electron chi connectivity index (χ0n) is 12.1. The molecule has 1 saturated heterocycles. The first-order chi connectivity index (χ1) is 9.24. The number of piperidine rings is 1. The van der Waals surface area contributed by atoms with Crippen LogP contribution in [0.25, 0.3) is 0 Å². The number of ether oxygens (including phenoxy) is 1. The van der Waals surface area contributed by atoms with Crippen LogP contribution in [-0.4, -0.2) is 30.6 Å². The lowest BCUT2D eigenvalue weighted by molar-refractivity contribution is 0.0892. The molecule has 1 heterocycles. The van der Waals surface area contributed by atoms with Crippen molar-refractivity contribution in [2.45, 2.75) is 51.4 Å². The van der Waals surface area contributed by atoms with E-state index in [0.29, 0.717) is 18.7 Å². The van der Waals surface area contributed by atoms with Crippen molar-refractivity contribution in [3.05, 3.63) is 35.4 Å². The molecule has 1 aromatic rings. The summed E-state index contributed by atoms with van der Waals surface area (Å²) in [5.74, 6) is 0. The molecule has 0 amide bonds. The van der Waals surface area contributed by atoms with E-state index in [-0.39, 0.29) is 0 Å². The monoisotopic (exact) mass is 262 g/mol. The molecule has 1 aliphatic heterocycles. The number of rotatable bonds is 5. The van der Waals surface area contributed by atoms with Crippen LogP contribution in [0.15, 0.2) is 24.3 Å². The van der Waals surface area contributed by atoms with Gasteiger partial charge in [0.2, 0.25) is 0 Å². The molecule has 0 radical (unpaired) electrons. The molecule has 2 unspecified atom stereocenters. The summed E-state index contributed by atoms with van der Waals surface area (Å²) < 4.78 is 5.14. The van der Waals surface area contributed by atoms with Crippen LogP contribution >= 0.6 is 0 Å². The summed E-state index contributed by atoms with van der Waals surface area (Å²) in [6.45, 7) is 4.79. The molecule has 0 aromatic heterocycles. The summed E-state index contributed by atoms with van der Waals surface area (Å²) in [7, 11) is 1.73. The number of hydrogen-bond donors (Lipinski definition) is 1. The van der Waals surface area contributed by atoms with E-state index in [4.69, 9.17) is 10.5 Å². The minimum Gasteiger partial charge on any atom is -0.380 e. The average molecular weight is 262 g/mol. The Bertz CT molecular complexity index is 377. The predicted molar refractivity (Wildman–Crippen MR) is 78.9 cm³/mol. The first kappa shape index (κ1) is 14.5. The van der Waals surface area contributed by atoms with Crippen LogP contribution in [0.4, 0.5) is 0 Å². The number of likely N-dealkylation sites (tertiary alicyclic amines) is 1. The third kappa shape index (κ3) is 3.78. The highest BCUT2D eigenvalue weighted by molar-refractivity contribution is 5.22. The third-order valence-corrected chi connectivity index (χ3v) is 4.17. The lowest BCUT2D eigenvalue weighted by Gasteiger charge is -2.40. The molecule has 0 saturated carbocycles. The summed E-state index contributed by atoms with van der Waals surface area (Å²) in [4.78, 5) is 2.56. The standard InChI is InChI=1S/C16H26N2O/c1-13-4-3-5-16(10-17)18(13)11-14-6-8-15(9-7-14)12-19-2/h6-9,13,16H,3-5,10-12,17H2,1-2H3. The summed E-state index contributed by atoms with van der Waals surface area (Å²) in [6.07, 6.45) is 3.84. The highest BCUT2D eigenvalue weighted by atomic mass is 16.5. The number of nitrogens with two attached hydrogens (primary N) is 1. The van der Waals surface area contributed by atoms with Gasteiger partial charge in [0.15, 0.2) is 0 Å². The van der Waals surface area contributed by atoms with Crippen molar-refractivity contribution in [3.8, 4) is 0 Å². The van der Waals surface area contributed by atoms with Crippen LogP contribution in [-0.2, 0) is 17.9 Å². The lowest BCUT2D eigenvalue weighted by Crippen LogP contribution is -2.48. The molecule has 0 spiro atoms. The molecular formula is C16H26N2O. The molecule has 2 rings (SSSR count). The molecule has 19 heavy (non-hydrogen) atoms. The van der Waals surface area contributed by atoms with Crippen LogP contribution in [0, 0.1) is 0 Å². The normalized spacial score (nSPS) is 24.6. The van der Waals surface area contributed by atoms with Crippen molar-refractivity contribution in [2.24, 2.45) is 5.73 Å². The lowest BCUT2D eigenvalue weighted by atomic mass is 9.95. The Balaban J connectivity index is 2.01. The zero-order chi connectivity index (χ0) is 13.7. The maximum absolute atomic E-state index is 5.91. The molecule has 0 bridgehead atoms. The van der Waals surface area contributed by atoms with Crippen LogP contribution in [0.1, 0.15) is 37.3 Å². The fourth-order valence-electron chi connectivity index (χ4n) is 3.00. The third-order valence-electron chi connectivity index (χ3n) is 4.17. The quantitative estimate of drug-likeness (QED) is 0.886. The number of methoxy groups -OCH3 is 1. The van der Waals surface area contributed by atoms with E-state index in [1.54, 1.807) is 7.11 Å². The van der Waals surface area contributed by atoms with Gasteiger partial charge in [0, 0.05) is 32.3 Å². The first-order valence-corrected chi connectivity index (χ1v) is 7.27. The smallest absolute Gasteiger partial charge is 0.0713 e. The van der Waals surface area contributed by atoms with Crippen molar-refractivity contribution in [1.29, 1.82) is 0 Å². The Morgan fingerprint density at radius 1 is 1.21 bits per heavy atom. The summed E-state index contributed by atoms with van der Waals surface area (Å²) in [5.41, 5.74) is 8.51. The number of hydrogen-bond acceptors (Lipinski definition) is 3. The molecular weight excluding hydrogens is 236 g/mol. The highest BCUT2D eigenvalue weighted by Gasteiger charge is 2.26. The van der Waals surface area contributed by atoms with E-state index in [0.717, 1.165) is 13.1 Å². The zero-order valence-corrected chi connectivity index (χ0v) is 12.1. The second-order valence-electron chi connectivity index (χ2n) is 5.59. The molecule has 2 atom stereocenters. The minimum atomic E-state index is 0.544. The van der Waals surface area contributed by atoms with E-state index in [1.807, 2.05) is 0 Å². The van der Waals surface area contributed by atoms with Crippen LogP contribution in [0.3, 0.4) is 0 Å². The van der Waals surface area contributed by atoms with Gasteiger partial charge in [-0.15, -0.1) is 0 Å². The van der Waals surface area contributed by atoms with Crippen molar-refractivity contribution in [3.63, 3.8) is 0 Å². The van der Waals surface area contributed by atoms with E-state index in [1.165, 1.54) is 30.4 Å². The molecule has 0 aliphatic carbocycles. The Hall–Kier alpha value is -0.900. The largest absolute Gasteiger partial charge is 0.380 e. The van der Waals surface area contributed by atoms with Gasteiger partial charge >= 0.3 is 0 Å². The van der Waals surface area contributed by atoms with E-state index in [2.05, 4.69) is 36.1 Å². The Labute approximate surface area is 116 Å². The van der Waals surface area contributed by atoms with Gasteiger partial charge in [0.05, 0.1) is 6.61 Å². The number of nitrogens with zero attached hydrogens (tertiary/aromatic N) is 1. The van der Waals surface area contributed by atoms with Gasteiger partial charge in [-0.1, -0.05) is 30.7 Å². The van der Waals surface area contributed by atoms with E-state index < -0.39 is 0 Å². The van der Waals surface area contributed by atoms with Gasteiger partial charge < -0.3 is 10.5 Å². The predicted octanol–water partition coefficient (Wildman–Crippen LogP) is 2.53. The fourth-order valence-corrected chi connectivity index (χ4v) is 3.00. The topological polar surface area (TPSA) is 38.5 Å². The van der Waals surface area contributed by atoms with Gasteiger partial charge in [-0.3, -0.25) is 4.90 Å². The molecule has 3 heteroatoms. The number of benzene rings is 1. The molecule has 106 valence electrons. The Morgan fingerprint density at radius 3 is 2.53 bits per heavy atom. The minimum absolute atomic E-state index is 0.544. The van der Waals surface area contributed by atoms with Crippen LogP contribution in [0.5, 0.6) is 0 Å². The molecule has 3 nitrogen and oxygen atoms in total. The summed E-state index contributed by atoms with van der Waals surface area (Å²) in [5, 5.41) is 0. The SMILES string of the molecule is COCc1ccc(CN2C(C)CCCC2CN)cc1. The fraction of sp³-hybridized carbons (Fsp3) is 0.625. The Morgan fingerprint density at radius 2 is 1.89 bits per heavy atom. The summed E-state index contributed by atoms with van der Waals surface area (Å²) >= 11 is 0. The van der Waals surface area contributed by atoms with Gasteiger partial charge in [-0.2, -0.15) is 0 Å². The van der Waals surface area contributed by atoms with Crippen LogP contribution < -0.4 is 5.73 Å². The highest BCUT2D eigenvalue weighted by Crippen LogP contribution is 2.24. The van der Waals surface area contributed by atoms with Crippen LogP contribution in [0.2, 0.25) is 0 Å². The van der Waals surface area contributed by atoms with Crippen molar-refractivity contribution in [1.82, 2.24) is 4.90 Å². The van der Waals surface area contributed by atoms with E-state index in [9.17, 15) is 0 Å². The van der Waals surface area contributed by atoms with Gasteiger partial charge in [-0.05, 0) is 30.9 Å². The van der Waals surface area contributed by atoms with Gasteiger partial charge in [0.25, 0.3) is 0 Å². The molecule has 1 fully saturated rings. The van der Waals surface area contributed by atoms with Gasteiger partial charge in [0.1, 0.15) is 0 Å². The Kier molecular flexibility index (Phi) is 5.37. The molecule has 1 aliphatic rings. The summed E-state index contributed by atoms with van der Waals surface area (Å²) in [6, 6.07) is 9.92. The van der Waals surface area contributed by atoms with Gasteiger partial charge in [-0.25, -0.2) is 0 Å². The maximum atomic E-state index is 5.91. The maximum Gasteiger partial charge on any atom is 0.0713 e. The second-order valence-corrected chi connectivity index (χ2v) is 5.59.